The number of hydrogen-bond acceptors (Lipinski definition) is 2. The zero-order chi connectivity index (χ0) is 17.2. The van der Waals surface area contributed by atoms with E-state index < -0.39 is 0 Å². The third-order valence-electron chi connectivity index (χ3n) is 6.70. The second kappa shape index (κ2) is 5.05. The molecule has 1 spiro atoms. The van der Waals surface area contributed by atoms with Gasteiger partial charge in [0.25, 0.3) is 0 Å². The number of nitrogens with zero attached hydrogens (tertiary/aromatic N) is 1. The van der Waals surface area contributed by atoms with Gasteiger partial charge in [-0.1, -0.05) is 36.8 Å². The highest BCUT2D eigenvalue weighted by atomic mass is 16.2. The standard InChI is InChI=1S/C21H25NO2/c1-12-9-13(2)19(14(3)10-12)22(11-23)20(24)18-15(4)16-5-6-17(18)21(16)7-8-21/h5-6,9-11,15-18H,7-8H2,1-4H3/t15-,16+,17+,18-/m0/s1. The number of carbonyl (C=O) groups excluding carboxylic acids is 2. The minimum absolute atomic E-state index is 0.0179. The monoisotopic (exact) mass is 323 g/mol. The molecule has 4 atom stereocenters. The molecule has 126 valence electrons. The number of hydrogen-bond donors (Lipinski definition) is 0. The zero-order valence-corrected chi connectivity index (χ0v) is 14.9. The summed E-state index contributed by atoms with van der Waals surface area (Å²) in [6.07, 6.45) is 7.74. The molecule has 2 saturated carbocycles. The zero-order valence-electron chi connectivity index (χ0n) is 14.9. The minimum atomic E-state index is -0.0622. The van der Waals surface area contributed by atoms with Crippen LogP contribution in [-0.4, -0.2) is 12.3 Å². The number of carbonyl (C=O) groups is 2. The van der Waals surface area contributed by atoms with E-state index in [9.17, 15) is 9.59 Å². The minimum Gasteiger partial charge on any atom is -0.278 e. The average molecular weight is 323 g/mol. The van der Waals surface area contributed by atoms with Crippen molar-refractivity contribution in [1.29, 1.82) is 0 Å². The molecule has 24 heavy (non-hydrogen) atoms. The van der Waals surface area contributed by atoms with Crippen LogP contribution < -0.4 is 4.90 Å². The van der Waals surface area contributed by atoms with Gasteiger partial charge < -0.3 is 0 Å². The highest BCUT2D eigenvalue weighted by molar-refractivity contribution is 6.09. The van der Waals surface area contributed by atoms with Crippen LogP contribution in [-0.2, 0) is 9.59 Å². The molecule has 3 nitrogen and oxygen atoms in total. The molecular weight excluding hydrogens is 298 g/mol. The van der Waals surface area contributed by atoms with Crippen molar-refractivity contribution in [2.45, 2.75) is 40.5 Å². The van der Waals surface area contributed by atoms with Gasteiger partial charge in [0.15, 0.2) is 0 Å². The van der Waals surface area contributed by atoms with Gasteiger partial charge in [-0.3, -0.25) is 14.5 Å². The molecule has 4 rings (SSSR count). The first-order valence-corrected chi connectivity index (χ1v) is 8.95. The van der Waals surface area contributed by atoms with E-state index in [1.165, 1.54) is 17.7 Å². The molecule has 0 radical (unpaired) electrons. The van der Waals surface area contributed by atoms with Gasteiger partial charge in [-0.15, -0.1) is 0 Å². The van der Waals surface area contributed by atoms with Gasteiger partial charge in [0.1, 0.15) is 0 Å². The summed E-state index contributed by atoms with van der Waals surface area (Å²) >= 11 is 0. The molecule has 2 bridgehead atoms. The summed E-state index contributed by atoms with van der Waals surface area (Å²) in [4.78, 5) is 26.6. The Hall–Kier alpha value is -1.90. The topological polar surface area (TPSA) is 37.4 Å². The fourth-order valence-corrected chi connectivity index (χ4v) is 5.69. The quantitative estimate of drug-likeness (QED) is 0.624. The number of anilines is 1. The van der Waals surface area contributed by atoms with Crippen molar-refractivity contribution in [2.75, 3.05) is 4.90 Å². The molecule has 3 aliphatic rings. The number of allylic oxidation sites excluding steroid dienone is 2. The summed E-state index contributed by atoms with van der Waals surface area (Å²) in [6.45, 7) is 8.18. The van der Waals surface area contributed by atoms with E-state index >= 15 is 0 Å². The molecule has 0 heterocycles. The van der Waals surface area contributed by atoms with E-state index in [2.05, 4.69) is 19.1 Å². The van der Waals surface area contributed by atoms with Crippen LogP contribution >= 0.6 is 0 Å². The van der Waals surface area contributed by atoms with Gasteiger partial charge >= 0.3 is 0 Å². The maximum atomic E-state index is 13.3. The number of amides is 2. The van der Waals surface area contributed by atoms with Gasteiger partial charge in [-0.2, -0.15) is 0 Å². The number of benzene rings is 1. The Bertz CT molecular complexity index is 736. The molecule has 1 aromatic carbocycles. The van der Waals surface area contributed by atoms with Gasteiger partial charge in [0, 0.05) is 5.92 Å². The van der Waals surface area contributed by atoms with Crippen LogP contribution in [0.15, 0.2) is 24.3 Å². The smallest absolute Gasteiger partial charge is 0.237 e. The molecule has 0 N–H and O–H groups in total. The molecule has 3 heteroatoms. The molecular formula is C21H25NO2. The van der Waals surface area contributed by atoms with E-state index in [1.807, 2.05) is 32.9 Å². The molecule has 0 aliphatic heterocycles. The summed E-state index contributed by atoms with van der Waals surface area (Å²) in [5.41, 5.74) is 4.23. The Labute approximate surface area is 143 Å². The summed E-state index contributed by atoms with van der Waals surface area (Å²) in [5, 5.41) is 0. The summed E-state index contributed by atoms with van der Waals surface area (Å²) in [6, 6.07) is 4.08. The lowest BCUT2D eigenvalue weighted by molar-refractivity contribution is -0.126. The molecule has 1 aromatic rings. The SMILES string of the molecule is Cc1cc(C)c(N(C=O)C(=O)[C@H]2[C@@H](C)[C@H]3C=C[C@H]2C32CC2)c(C)c1. The highest BCUT2D eigenvalue weighted by Crippen LogP contribution is 2.72. The highest BCUT2D eigenvalue weighted by Gasteiger charge is 2.67. The van der Waals surface area contributed by atoms with Crippen LogP contribution in [0.2, 0.25) is 0 Å². The lowest BCUT2D eigenvalue weighted by Crippen LogP contribution is -2.40. The summed E-state index contributed by atoms with van der Waals surface area (Å²) < 4.78 is 0. The van der Waals surface area contributed by atoms with Crippen molar-refractivity contribution in [1.82, 2.24) is 0 Å². The van der Waals surface area contributed by atoms with Crippen LogP contribution in [0, 0.1) is 49.9 Å². The van der Waals surface area contributed by atoms with Crippen molar-refractivity contribution in [2.24, 2.45) is 29.1 Å². The van der Waals surface area contributed by atoms with Crippen LogP contribution in [0.4, 0.5) is 5.69 Å². The fraction of sp³-hybridized carbons (Fsp3) is 0.524. The molecule has 0 aromatic heterocycles. The summed E-state index contributed by atoms with van der Waals surface area (Å²) in [7, 11) is 0. The molecule has 2 fully saturated rings. The first kappa shape index (κ1) is 15.6. The average Bonchev–Trinajstić information content (AvgIpc) is 3.17. The van der Waals surface area contributed by atoms with Crippen LogP contribution in [0.1, 0.15) is 36.5 Å². The summed E-state index contributed by atoms with van der Waals surface area (Å²) in [5.74, 6) is 1.08. The Morgan fingerprint density at radius 3 is 2.21 bits per heavy atom. The predicted molar refractivity (Wildman–Crippen MR) is 94.6 cm³/mol. The first-order valence-electron chi connectivity index (χ1n) is 8.95. The second-order valence-corrected chi connectivity index (χ2v) is 8.12. The molecule has 2 amide bonds. The van der Waals surface area contributed by atoms with E-state index in [1.54, 1.807) is 0 Å². The number of imide groups is 1. The van der Waals surface area contributed by atoms with E-state index in [0.29, 0.717) is 23.2 Å². The van der Waals surface area contributed by atoms with Gasteiger partial charge in [0.05, 0.1) is 5.69 Å². The predicted octanol–water partition coefficient (Wildman–Crippen LogP) is 3.95. The van der Waals surface area contributed by atoms with E-state index in [4.69, 9.17) is 0 Å². The Morgan fingerprint density at radius 1 is 1.12 bits per heavy atom. The maximum absolute atomic E-state index is 13.3. The van der Waals surface area contributed by atoms with E-state index in [-0.39, 0.29) is 11.8 Å². The second-order valence-electron chi connectivity index (χ2n) is 8.12. The van der Waals surface area contributed by atoms with Crippen molar-refractivity contribution in [3.8, 4) is 0 Å². The van der Waals surface area contributed by atoms with Crippen molar-refractivity contribution < 1.29 is 9.59 Å². The fourth-order valence-electron chi connectivity index (χ4n) is 5.69. The van der Waals surface area contributed by atoms with Crippen molar-refractivity contribution in [3.63, 3.8) is 0 Å². The van der Waals surface area contributed by atoms with E-state index in [0.717, 1.165) is 28.8 Å². The van der Waals surface area contributed by atoms with Crippen LogP contribution in [0.3, 0.4) is 0 Å². The Morgan fingerprint density at radius 2 is 1.71 bits per heavy atom. The number of aryl methyl sites for hydroxylation is 3. The lowest BCUT2D eigenvalue weighted by atomic mass is 9.83. The van der Waals surface area contributed by atoms with Gasteiger partial charge in [-0.25, -0.2) is 0 Å². The Kier molecular flexibility index (Phi) is 3.28. The normalized spacial score (nSPS) is 31.5. The van der Waals surface area contributed by atoms with Crippen molar-refractivity contribution in [3.05, 3.63) is 41.0 Å². The van der Waals surface area contributed by atoms with Gasteiger partial charge in [-0.05, 0) is 67.9 Å². The molecule has 3 aliphatic carbocycles. The third kappa shape index (κ3) is 1.90. The first-order chi connectivity index (χ1) is 11.4. The number of rotatable bonds is 3. The van der Waals surface area contributed by atoms with Crippen molar-refractivity contribution >= 4 is 18.0 Å². The largest absolute Gasteiger partial charge is 0.278 e. The lowest BCUT2D eigenvalue weighted by Gasteiger charge is -2.29. The molecule has 0 unspecified atom stereocenters. The Balaban J connectivity index is 1.71. The van der Waals surface area contributed by atoms with Crippen LogP contribution in [0.5, 0.6) is 0 Å². The maximum Gasteiger partial charge on any atom is 0.237 e. The molecule has 0 saturated heterocycles. The van der Waals surface area contributed by atoms with Gasteiger partial charge in [0.2, 0.25) is 12.3 Å². The third-order valence-corrected chi connectivity index (χ3v) is 6.70. The van der Waals surface area contributed by atoms with Crippen LogP contribution in [0.25, 0.3) is 0 Å².